The maximum atomic E-state index is 10.6. The van der Waals surface area contributed by atoms with E-state index >= 15 is 0 Å². The summed E-state index contributed by atoms with van der Waals surface area (Å²) in [5.41, 5.74) is 4.58. The van der Waals surface area contributed by atoms with Crippen molar-refractivity contribution in [2.45, 2.75) is 0 Å². The lowest BCUT2D eigenvalue weighted by Crippen LogP contribution is -2.21. The van der Waals surface area contributed by atoms with Gasteiger partial charge < -0.3 is 24.9 Å². The molecule has 12 heavy (non-hydrogen) atoms. The summed E-state index contributed by atoms with van der Waals surface area (Å²) < 4.78 is 8.90. The average molecular weight is 172 g/mol. The Balaban J connectivity index is 2.93. The summed E-state index contributed by atoms with van der Waals surface area (Å²) in [7, 11) is 0. The molecule has 0 aliphatic rings. The van der Waals surface area contributed by atoms with Gasteiger partial charge in [0, 0.05) is 0 Å². The normalized spacial score (nSPS) is 11.0. The minimum absolute atomic E-state index is 0.163. The first-order chi connectivity index (χ1) is 5.61. The van der Waals surface area contributed by atoms with Crippen molar-refractivity contribution in [2.24, 2.45) is 0 Å². The lowest BCUT2D eigenvalue weighted by molar-refractivity contribution is -0.791. The van der Waals surface area contributed by atoms with E-state index in [1.807, 2.05) is 0 Å². The molecule has 2 aromatic rings. The van der Waals surface area contributed by atoms with Gasteiger partial charge in [-0.25, -0.2) is 0 Å². The van der Waals surface area contributed by atoms with Crippen molar-refractivity contribution in [2.75, 3.05) is 5.73 Å². The van der Waals surface area contributed by atoms with Crippen molar-refractivity contribution < 1.29 is 24.1 Å². The maximum Gasteiger partial charge on any atom is 0.469 e. The van der Waals surface area contributed by atoms with Crippen LogP contribution in [0.15, 0.2) is 8.94 Å². The van der Waals surface area contributed by atoms with Gasteiger partial charge in [0.1, 0.15) is 5.69 Å². The molecule has 0 fully saturated rings. The standard InChI is InChI=1S/C5H4N2O5/c6-1-2-3(11-5(1)9)4(8)7(10)12-2/h8-9H,6H2. The third-order valence-electron chi connectivity index (χ3n) is 1.43. The summed E-state index contributed by atoms with van der Waals surface area (Å²) in [5, 5.41) is 28.4. The van der Waals surface area contributed by atoms with Crippen LogP contribution in [0.5, 0.6) is 11.8 Å². The topological polar surface area (TPSA) is 120 Å². The van der Waals surface area contributed by atoms with E-state index < -0.39 is 11.8 Å². The fourth-order valence-electron chi connectivity index (χ4n) is 0.864. The Morgan fingerprint density at radius 2 is 2.00 bits per heavy atom. The lowest BCUT2D eigenvalue weighted by Gasteiger charge is -1.85. The van der Waals surface area contributed by atoms with Gasteiger partial charge in [-0.3, -0.25) is 5.21 Å². The summed E-state index contributed by atoms with van der Waals surface area (Å²) >= 11 is 0. The molecule has 0 bridgehead atoms. The van der Waals surface area contributed by atoms with Crippen LogP contribution in [0.3, 0.4) is 0 Å². The second kappa shape index (κ2) is 1.76. The molecule has 64 valence electrons. The molecule has 0 amide bonds. The number of fused-ring (bicyclic) bond motifs is 1. The molecule has 0 aliphatic heterocycles. The zero-order valence-corrected chi connectivity index (χ0v) is 5.64. The fraction of sp³-hybridized carbons (Fsp3) is 0. The van der Waals surface area contributed by atoms with Gasteiger partial charge in [-0.15, -0.1) is 0 Å². The molecule has 0 saturated heterocycles. The Morgan fingerprint density at radius 3 is 2.58 bits per heavy atom. The van der Waals surface area contributed by atoms with Crippen LogP contribution in [0.2, 0.25) is 0 Å². The van der Waals surface area contributed by atoms with Gasteiger partial charge in [-0.2, -0.15) is 0 Å². The van der Waals surface area contributed by atoms with Gasteiger partial charge >= 0.3 is 11.8 Å². The van der Waals surface area contributed by atoms with Crippen molar-refractivity contribution >= 4 is 16.9 Å². The highest BCUT2D eigenvalue weighted by Gasteiger charge is 2.24. The van der Waals surface area contributed by atoms with Crippen LogP contribution >= 0.6 is 0 Å². The number of hydrogen-bond donors (Lipinski definition) is 3. The van der Waals surface area contributed by atoms with Gasteiger partial charge in [-0.05, 0) is 0 Å². The van der Waals surface area contributed by atoms with Crippen molar-refractivity contribution in [1.29, 1.82) is 0 Å². The van der Waals surface area contributed by atoms with E-state index in [9.17, 15) is 5.21 Å². The number of anilines is 1. The molecule has 0 radical (unpaired) electrons. The highest BCUT2D eigenvalue weighted by atomic mass is 16.7. The summed E-state index contributed by atoms with van der Waals surface area (Å²) in [6, 6.07) is 0. The monoisotopic (exact) mass is 172 g/mol. The van der Waals surface area contributed by atoms with Crippen LogP contribution in [0, 0.1) is 5.21 Å². The quantitative estimate of drug-likeness (QED) is 0.467. The summed E-state index contributed by atoms with van der Waals surface area (Å²) in [5.74, 6) is -1.35. The second-order valence-electron chi connectivity index (χ2n) is 2.15. The molecule has 2 aromatic heterocycles. The van der Waals surface area contributed by atoms with E-state index in [1.165, 1.54) is 0 Å². The number of aromatic nitrogens is 1. The van der Waals surface area contributed by atoms with Crippen LogP contribution in [0.4, 0.5) is 5.69 Å². The van der Waals surface area contributed by atoms with Crippen LogP contribution in [0.25, 0.3) is 11.2 Å². The van der Waals surface area contributed by atoms with Crippen LogP contribution < -0.4 is 10.6 Å². The van der Waals surface area contributed by atoms with E-state index in [2.05, 4.69) is 8.94 Å². The van der Waals surface area contributed by atoms with Crippen molar-refractivity contribution in [1.82, 2.24) is 0 Å². The fourth-order valence-corrected chi connectivity index (χ4v) is 0.864. The van der Waals surface area contributed by atoms with Crippen LogP contribution in [0.1, 0.15) is 0 Å². The third-order valence-corrected chi connectivity index (χ3v) is 1.43. The molecule has 7 nitrogen and oxygen atoms in total. The maximum absolute atomic E-state index is 10.6. The van der Waals surface area contributed by atoms with E-state index in [4.69, 9.17) is 15.9 Å². The zero-order chi connectivity index (χ0) is 8.88. The van der Waals surface area contributed by atoms with Crippen molar-refractivity contribution in [3.63, 3.8) is 0 Å². The number of hydrogen-bond acceptors (Lipinski definition) is 6. The molecule has 2 heterocycles. The summed E-state index contributed by atoms with van der Waals surface area (Å²) in [6.07, 6.45) is 0. The first-order valence-electron chi connectivity index (χ1n) is 2.94. The first kappa shape index (κ1) is 6.65. The lowest BCUT2D eigenvalue weighted by atomic mass is 10.4. The molecule has 0 aliphatic carbocycles. The predicted octanol–water partition coefficient (Wildman–Crippen LogP) is -0.347. The molecule has 0 spiro atoms. The highest BCUT2D eigenvalue weighted by Crippen LogP contribution is 2.36. The number of rotatable bonds is 0. The van der Waals surface area contributed by atoms with Gasteiger partial charge in [0.2, 0.25) is 0 Å². The number of nitrogens with zero attached hydrogens (tertiary/aromatic N) is 1. The summed E-state index contributed by atoms with van der Waals surface area (Å²) in [4.78, 5) is -0.163. The van der Waals surface area contributed by atoms with E-state index in [-0.39, 0.29) is 21.8 Å². The van der Waals surface area contributed by atoms with Gasteiger partial charge in [-0.1, -0.05) is 0 Å². The minimum Gasteiger partial charge on any atom is -0.479 e. The molecule has 0 saturated carbocycles. The van der Waals surface area contributed by atoms with Gasteiger partial charge in [0.05, 0.1) is 4.90 Å². The first-order valence-corrected chi connectivity index (χ1v) is 2.94. The van der Waals surface area contributed by atoms with Gasteiger partial charge in [0.15, 0.2) is 5.58 Å². The number of nitrogens with two attached hydrogens (primary N) is 1. The Labute approximate surface area is 64.8 Å². The molecule has 2 rings (SSSR count). The minimum atomic E-state index is -0.767. The number of furan rings is 1. The van der Waals surface area contributed by atoms with E-state index in [0.29, 0.717) is 0 Å². The number of aromatic hydroxyl groups is 2. The van der Waals surface area contributed by atoms with Crippen LogP contribution in [-0.2, 0) is 0 Å². The van der Waals surface area contributed by atoms with E-state index in [1.54, 1.807) is 0 Å². The average Bonchev–Trinajstić information content (AvgIpc) is 2.43. The van der Waals surface area contributed by atoms with Crippen molar-refractivity contribution in [3.05, 3.63) is 5.21 Å². The SMILES string of the molecule is Nc1c(O)oc2c(O)[n+]([O-])oc12. The molecule has 4 N–H and O–H groups in total. The molecule has 0 unspecified atom stereocenters. The molecule has 0 atom stereocenters. The molecular weight excluding hydrogens is 168 g/mol. The number of nitrogen functional groups attached to an aromatic ring is 1. The largest absolute Gasteiger partial charge is 0.479 e. The molecule has 0 aromatic carbocycles. The molecular formula is C5H4N2O5. The Bertz CT molecular complexity index is 400. The Kier molecular flexibility index (Phi) is 0.972. The van der Waals surface area contributed by atoms with Crippen LogP contribution in [-0.4, -0.2) is 10.2 Å². The third kappa shape index (κ3) is 0.570. The molecule has 7 heteroatoms. The predicted molar refractivity (Wildman–Crippen MR) is 35.2 cm³/mol. The van der Waals surface area contributed by atoms with Gasteiger partial charge in [0.25, 0.3) is 5.58 Å². The van der Waals surface area contributed by atoms with Crippen molar-refractivity contribution in [3.8, 4) is 11.8 Å². The second-order valence-corrected chi connectivity index (χ2v) is 2.15. The smallest absolute Gasteiger partial charge is 0.469 e. The Morgan fingerprint density at radius 1 is 1.33 bits per heavy atom. The van der Waals surface area contributed by atoms with E-state index in [0.717, 1.165) is 0 Å². The zero-order valence-electron chi connectivity index (χ0n) is 5.64. The highest BCUT2D eigenvalue weighted by molar-refractivity contribution is 5.88. The summed E-state index contributed by atoms with van der Waals surface area (Å²) in [6.45, 7) is 0. The Hall–Kier alpha value is -2.05.